The molecule has 0 heterocycles. The van der Waals surface area contributed by atoms with Crippen LogP contribution in [0.15, 0.2) is 30.8 Å². The number of hydrogen-bond donors (Lipinski definition) is 0. The average molecular weight is 222 g/mol. The van der Waals surface area contributed by atoms with Gasteiger partial charge in [-0.1, -0.05) is 34.6 Å². The molecule has 0 N–H and O–H groups in total. The molecule has 1 nitrogen and oxygen atoms in total. The third-order valence-corrected chi connectivity index (χ3v) is 2.24. The Morgan fingerprint density at radius 1 is 1.58 bits per heavy atom. The summed E-state index contributed by atoms with van der Waals surface area (Å²) < 4.78 is 0. The van der Waals surface area contributed by atoms with Gasteiger partial charge in [0.25, 0.3) is 0 Å². The lowest BCUT2D eigenvalue weighted by molar-refractivity contribution is 1.47. The predicted octanol–water partition coefficient (Wildman–Crippen LogP) is 2.97. The molecule has 0 radical (unpaired) electrons. The van der Waals surface area contributed by atoms with Crippen molar-refractivity contribution in [1.82, 2.24) is 0 Å². The molecule has 2 heteroatoms. The second-order valence-corrected chi connectivity index (χ2v) is 2.99. The summed E-state index contributed by atoms with van der Waals surface area (Å²) in [6.45, 7) is 3.86. The molecule has 0 atom stereocenters. The Morgan fingerprint density at radius 3 is 2.92 bits per heavy atom. The highest BCUT2D eigenvalue weighted by Gasteiger charge is 1.97. The maximum Gasteiger partial charge on any atom is 0.0991 e. The van der Waals surface area contributed by atoms with Crippen LogP contribution in [-0.4, -0.2) is 5.33 Å². The number of alkyl halides is 1. The molecule has 0 bridgehead atoms. The van der Waals surface area contributed by atoms with Crippen LogP contribution in [0.4, 0.5) is 0 Å². The minimum Gasteiger partial charge on any atom is -0.192 e. The normalized spacial score (nSPS) is 9.00. The van der Waals surface area contributed by atoms with Crippen LogP contribution in [0.3, 0.4) is 0 Å². The lowest BCUT2D eigenvalue weighted by atomic mass is 10.1. The number of benzene rings is 1. The number of hydrogen-bond acceptors (Lipinski definition) is 1. The van der Waals surface area contributed by atoms with Crippen molar-refractivity contribution in [3.63, 3.8) is 0 Å². The van der Waals surface area contributed by atoms with E-state index in [4.69, 9.17) is 5.26 Å². The summed E-state index contributed by atoms with van der Waals surface area (Å²) in [4.78, 5) is 0. The highest BCUT2D eigenvalue weighted by molar-refractivity contribution is 9.09. The summed E-state index contributed by atoms with van der Waals surface area (Å²) in [6, 6.07) is 9.52. The van der Waals surface area contributed by atoms with Gasteiger partial charge >= 0.3 is 0 Å². The van der Waals surface area contributed by atoms with E-state index in [1.54, 1.807) is 6.07 Å². The van der Waals surface area contributed by atoms with Crippen molar-refractivity contribution in [2.75, 3.05) is 5.33 Å². The molecule has 1 rings (SSSR count). The van der Waals surface area contributed by atoms with Crippen molar-refractivity contribution in [3.05, 3.63) is 42.0 Å². The van der Waals surface area contributed by atoms with Crippen LogP contribution in [0.5, 0.6) is 0 Å². The first-order chi connectivity index (χ1) is 5.77. The summed E-state index contributed by atoms with van der Waals surface area (Å²) in [5.41, 5.74) is 2.69. The predicted molar refractivity (Wildman–Crippen MR) is 54.0 cm³/mol. The molecular formula is C10H8BrN. The molecule has 12 heavy (non-hydrogen) atoms. The largest absolute Gasteiger partial charge is 0.192 e. The first kappa shape index (κ1) is 9.02. The Labute approximate surface area is 80.5 Å². The molecule has 0 fully saturated rings. The fourth-order valence-corrected chi connectivity index (χ4v) is 1.21. The molecule has 60 valence electrons. The van der Waals surface area contributed by atoms with Crippen molar-refractivity contribution in [2.24, 2.45) is 0 Å². The summed E-state index contributed by atoms with van der Waals surface area (Å²) in [7, 11) is 0. The minimum atomic E-state index is 0.676. The monoisotopic (exact) mass is 221 g/mol. The quantitative estimate of drug-likeness (QED) is 0.705. The topological polar surface area (TPSA) is 23.8 Å². The van der Waals surface area contributed by atoms with Gasteiger partial charge in [0.15, 0.2) is 0 Å². The fourth-order valence-electron chi connectivity index (χ4n) is 0.886. The zero-order chi connectivity index (χ0) is 8.97. The van der Waals surface area contributed by atoms with Gasteiger partial charge in [-0.25, -0.2) is 0 Å². The Morgan fingerprint density at radius 2 is 2.33 bits per heavy atom. The van der Waals surface area contributed by atoms with Crippen LogP contribution in [0.25, 0.3) is 5.57 Å². The van der Waals surface area contributed by atoms with E-state index in [2.05, 4.69) is 28.6 Å². The van der Waals surface area contributed by atoms with E-state index >= 15 is 0 Å². The molecule has 0 aliphatic heterocycles. The van der Waals surface area contributed by atoms with Gasteiger partial charge in [-0.2, -0.15) is 5.26 Å². The number of rotatable bonds is 2. The highest BCUT2D eigenvalue weighted by atomic mass is 79.9. The van der Waals surface area contributed by atoms with Crippen LogP contribution in [0.2, 0.25) is 0 Å². The van der Waals surface area contributed by atoms with E-state index in [0.29, 0.717) is 5.56 Å². The Kier molecular flexibility index (Phi) is 3.07. The molecule has 0 saturated heterocycles. The molecule has 1 aromatic carbocycles. The second kappa shape index (κ2) is 4.08. The third-order valence-electron chi connectivity index (χ3n) is 1.56. The van der Waals surface area contributed by atoms with Gasteiger partial charge in [-0.3, -0.25) is 0 Å². The van der Waals surface area contributed by atoms with Crippen molar-refractivity contribution in [1.29, 1.82) is 5.26 Å². The van der Waals surface area contributed by atoms with Crippen molar-refractivity contribution < 1.29 is 0 Å². The second-order valence-electron chi connectivity index (χ2n) is 2.43. The minimum absolute atomic E-state index is 0.676. The van der Waals surface area contributed by atoms with E-state index in [-0.39, 0.29) is 0 Å². The first-order valence-corrected chi connectivity index (χ1v) is 4.64. The maximum absolute atomic E-state index is 8.63. The number of nitriles is 1. The lowest BCUT2D eigenvalue weighted by Gasteiger charge is -2.00. The van der Waals surface area contributed by atoms with Crippen molar-refractivity contribution >= 4 is 21.5 Å². The van der Waals surface area contributed by atoms with Gasteiger partial charge in [0.2, 0.25) is 0 Å². The molecule has 0 aliphatic carbocycles. The first-order valence-electron chi connectivity index (χ1n) is 3.52. The molecule has 0 aliphatic rings. The highest BCUT2D eigenvalue weighted by Crippen LogP contribution is 2.15. The van der Waals surface area contributed by atoms with Gasteiger partial charge in [-0.05, 0) is 23.3 Å². The van der Waals surface area contributed by atoms with E-state index in [9.17, 15) is 0 Å². The van der Waals surface area contributed by atoms with Gasteiger partial charge in [0.05, 0.1) is 11.6 Å². The molecule has 0 saturated carbocycles. The summed E-state index contributed by atoms with van der Waals surface area (Å²) in [5, 5.41) is 9.36. The lowest BCUT2D eigenvalue weighted by Crippen LogP contribution is -1.84. The van der Waals surface area contributed by atoms with Crippen LogP contribution in [0.1, 0.15) is 11.1 Å². The van der Waals surface area contributed by atoms with Crippen molar-refractivity contribution in [3.8, 4) is 6.07 Å². The van der Waals surface area contributed by atoms with Crippen LogP contribution in [-0.2, 0) is 0 Å². The molecule has 0 unspecified atom stereocenters. The van der Waals surface area contributed by atoms with E-state index in [0.717, 1.165) is 16.5 Å². The number of halogens is 1. The molecule has 0 aromatic heterocycles. The number of allylic oxidation sites excluding steroid dienone is 1. The Bertz CT molecular complexity index is 336. The molecule has 1 aromatic rings. The van der Waals surface area contributed by atoms with Gasteiger partial charge < -0.3 is 0 Å². The Hall–Kier alpha value is -1.07. The smallest absolute Gasteiger partial charge is 0.0991 e. The molecule has 0 spiro atoms. The fraction of sp³-hybridized carbons (Fsp3) is 0.100. The molecular weight excluding hydrogens is 214 g/mol. The van der Waals surface area contributed by atoms with Gasteiger partial charge in [0, 0.05) is 5.33 Å². The summed E-state index contributed by atoms with van der Waals surface area (Å²) in [5.74, 6) is 0. The SMILES string of the molecule is C=C(CBr)c1cccc(C#N)c1. The van der Waals surface area contributed by atoms with Crippen molar-refractivity contribution in [2.45, 2.75) is 0 Å². The van der Waals surface area contributed by atoms with Crippen LogP contribution in [0, 0.1) is 11.3 Å². The van der Waals surface area contributed by atoms with Gasteiger partial charge in [-0.15, -0.1) is 0 Å². The average Bonchev–Trinajstić information content (AvgIpc) is 2.17. The van der Waals surface area contributed by atoms with Gasteiger partial charge in [0.1, 0.15) is 0 Å². The molecule has 0 amide bonds. The number of nitrogens with zero attached hydrogens (tertiary/aromatic N) is 1. The van der Waals surface area contributed by atoms with E-state index in [1.807, 2.05) is 18.2 Å². The van der Waals surface area contributed by atoms with Crippen LogP contribution >= 0.6 is 15.9 Å². The summed E-state index contributed by atoms with van der Waals surface area (Å²) >= 11 is 3.32. The standard InChI is InChI=1S/C10H8BrN/c1-8(6-11)10-4-2-3-9(5-10)7-12/h2-5H,1,6H2. The van der Waals surface area contributed by atoms with E-state index < -0.39 is 0 Å². The zero-order valence-electron chi connectivity index (χ0n) is 6.55. The third kappa shape index (κ3) is 1.96. The maximum atomic E-state index is 8.63. The van der Waals surface area contributed by atoms with Crippen LogP contribution < -0.4 is 0 Å². The Balaban J connectivity index is 3.04. The zero-order valence-corrected chi connectivity index (χ0v) is 8.13. The van der Waals surface area contributed by atoms with E-state index in [1.165, 1.54) is 0 Å². The summed E-state index contributed by atoms with van der Waals surface area (Å²) in [6.07, 6.45) is 0.